The number of nitrogens with zero attached hydrogens (tertiary/aromatic N) is 2. The number of piperidine rings is 1. The number of hydrogen-bond donors (Lipinski definition) is 2. The summed E-state index contributed by atoms with van der Waals surface area (Å²) in [6.07, 6.45) is 5.88. The number of hydrogen-bond acceptors (Lipinski definition) is 4. The van der Waals surface area contributed by atoms with Crippen molar-refractivity contribution in [3.05, 3.63) is 24.4 Å². The van der Waals surface area contributed by atoms with Gasteiger partial charge in [-0.3, -0.25) is 0 Å². The second kappa shape index (κ2) is 8.06. The van der Waals surface area contributed by atoms with Crippen molar-refractivity contribution in [1.82, 2.24) is 15.6 Å². The van der Waals surface area contributed by atoms with Gasteiger partial charge >= 0.3 is 0 Å². The molecular weight excluding hydrogens is 224 g/mol. The third-order valence-corrected chi connectivity index (χ3v) is 3.29. The summed E-state index contributed by atoms with van der Waals surface area (Å²) in [6.45, 7) is 6.91. The Labute approximate surface area is 110 Å². The molecule has 3 heterocycles. The number of anilines is 1. The number of nitrogens with one attached hydrogen (secondary N) is 2. The molecule has 18 heavy (non-hydrogen) atoms. The third-order valence-electron chi connectivity index (χ3n) is 3.29. The molecule has 0 bridgehead atoms. The highest BCUT2D eigenvalue weighted by Crippen LogP contribution is 2.15. The van der Waals surface area contributed by atoms with Crippen molar-refractivity contribution >= 4 is 5.82 Å². The van der Waals surface area contributed by atoms with Crippen LogP contribution in [0.25, 0.3) is 0 Å². The molecule has 2 saturated heterocycles. The fourth-order valence-electron chi connectivity index (χ4n) is 2.27. The summed E-state index contributed by atoms with van der Waals surface area (Å²) in [4.78, 5) is 6.69. The van der Waals surface area contributed by atoms with Gasteiger partial charge in [0.05, 0.1) is 0 Å². The van der Waals surface area contributed by atoms with Crippen molar-refractivity contribution in [2.75, 3.05) is 44.2 Å². The first kappa shape index (κ1) is 13.3. The van der Waals surface area contributed by atoms with Gasteiger partial charge in [0, 0.05) is 45.5 Å². The summed E-state index contributed by atoms with van der Waals surface area (Å²) in [5, 5.41) is 6.44. The van der Waals surface area contributed by atoms with Crippen LogP contribution in [0, 0.1) is 0 Å². The smallest absolute Gasteiger partial charge is 0.128 e. The van der Waals surface area contributed by atoms with E-state index in [9.17, 15) is 0 Å². The first-order chi connectivity index (χ1) is 8.97. The monoisotopic (exact) mass is 248 g/mol. The Kier molecular flexibility index (Phi) is 5.96. The lowest BCUT2D eigenvalue weighted by molar-refractivity contribution is 0.534. The van der Waals surface area contributed by atoms with E-state index >= 15 is 0 Å². The summed E-state index contributed by atoms with van der Waals surface area (Å²) >= 11 is 0. The number of piperazine rings is 1. The Morgan fingerprint density at radius 1 is 0.889 bits per heavy atom. The van der Waals surface area contributed by atoms with Gasteiger partial charge in [0.2, 0.25) is 0 Å². The molecule has 4 nitrogen and oxygen atoms in total. The van der Waals surface area contributed by atoms with Gasteiger partial charge in [0.15, 0.2) is 0 Å². The number of rotatable bonds is 1. The van der Waals surface area contributed by atoms with Crippen LogP contribution >= 0.6 is 0 Å². The van der Waals surface area contributed by atoms with Gasteiger partial charge in [0.1, 0.15) is 5.82 Å². The molecule has 0 atom stereocenters. The van der Waals surface area contributed by atoms with Crippen molar-refractivity contribution in [2.24, 2.45) is 0 Å². The van der Waals surface area contributed by atoms with Gasteiger partial charge in [-0.2, -0.15) is 0 Å². The number of pyridine rings is 1. The zero-order valence-corrected chi connectivity index (χ0v) is 11.1. The summed E-state index contributed by atoms with van der Waals surface area (Å²) in [5.41, 5.74) is 0. The van der Waals surface area contributed by atoms with Crippen LogP contribution in [0.2, 0.25) is 0 Å². The minimum absolute atomic E-state index is 1.14. The number of aromatic nitrogens is 1. The van der Waals surface area contributed by atoms with E-state index in [2.05, 4.69) is 32.7 Å². The van der Waals surface area contributed by atoms with Crippen molar-refractivity contribution in [1.29, 1.82) is 0 Å². The first-order valence-corrected chi connectivity index (χ1v) is 7.04. The average Bonchev–Trinajstić information content (AvgIpc) is 2.51. The molecule has 0 aromatic carbocycles. The van der Waals surface area contributed by atoms with Crippen LogP contribution in [0.5, 0.6) is 0 Å². The highest BCUT2D eigenvalue weighted by atomic mass is 15.2. The molecule has 4 heteroatoms. The van der Waals surface area contributed by atoms with Crippen molar-refractivity contribution in [3.8, 4) is 0 Å². The van der Waals surface area contributed by atoms with Crippen LogP contribution in [-0.4, -0.2) is 44.3 Å². The normalized spacial score (nSPS) is 19.9. The second-order valence-corrected chi connectivity index (χ2v) is 4.74. The highest BCUT2D eigenvalue weighted by molar-refractivity contribution is 5.37. The quantitative estimate of drug-likeness (QED) is 0.785. The molecule has 3 rings (SSSR count). The lowest BCUT2D eigenvalue weighted by atomic mass is 10.1. The minimum Gasteiger partial charge on any atom is -0.357 e. The van der Waals surface area contributed by atoms with Crippen LogP contribution in [0.15, 0.2) is 24.4 Å². The molecule has 0 saturated carbocycles. The maximum atomic E-state index is 4.33. The van der Waals surface area contributed by atoms with Gasteiger partial charge in [-0.15, -0.1) is 0 Å². The Hall–Kier alpha value is -1.13. The van der Waals surface area contributed by atoms with E-state index in [1.807, 2.05) is 12.3 Å². The van der Waals surface area contributed by atoms with Gasteiger partial charge in [0.25, 0.3) is 0 Å². The predicted molar refractivity (Wildman–Crippen MR) is 76.0 cm³/mol. The molecule has 2 aliphatic rings. The van der Waals surface area contributed by atoms with E-state index in [-0.39, 0.29) is 0 Å². The summed E-state index contributed by atoms with van der Waals surface area (Å²) < 4.78 is 0. The summed E-state index contributed by atoms with van der Waals surface area (Å²) in [5.74, 6) is 1.14. The molecule has 100 valence electrons. The largest absolute Gasteiger partial charge is 0.357 e. The second-order valence-electron chi connectivity index (χ2n) is 4.74. The van der Waals surface area contributed by atoms with Gasteiger partial charge in [-0.05, 0) is 31.4 Å². The molecule has 2 N–H and O–H groups in total. The molecule has 1 aromatic rings. The predicted octanol–water partition coefficient (Wildman–Crippen LogP) is 1.25. The zero-order valence-electron chi connectivity index (χ0n) is 11.1. The van der Waals surface area contributed by atoms with Crippen molar-refractivity contribution < 1.29 is 0 Å². The topological polar surface area (TPSA) is 40.2 Å². The van der Waals surface area contributed by atoms with E-state index < -0.39 is 0 Å². The molecule has 0 radical (unpaired) electrons. The van der Waals surface area contributed by atoms with Crippen LogP contribution in [-0.2, 0) is 0 Å². The molecule has 0 unspecified atom stereocenters. The van der Waals surface area contributed by atoms with Gasteiger partial charge in [-0.1, -0.05) is 6.07 Å². The highest BCUT2D eigenvalue weighted by Gasteiger charge is 2.10. The Morgan fingerprint density at radius 2 is 1.56 bits per heavy atom. The maximum Gasteiger partial charge on any atom is 0.128 e. The molecule has 0 aliphatic carbocycles. The van der Waals surface area contributed by atoms with Crippen LogP contribution < -0.4 is 15.5 Å². The molecule has 2 fully saturated rings. The van der Waals surface area contributed by atoms with E-state index in [1.165, 1.54) is 32.4 Å². The average molecular weight is 248 g/mol. The Bertz CT molecular complexity index is 293. The summed E-state index contributed by atoms with van der Waals surface area (Å²) in [7, 11) is 0. The van der Waals surface area contributed by atoms with E-state index in [0.717, 1.165) is 32.0 Å². The molecular formula is C14H24N4. The standard InChI is InChI=1S/C10H14N2.C4H10N2/c1-4-8-12(9-5-1)10-6-2-3-7-11-10;1-2-6-4-3-5-1/h2-3,6-7H,1,4-5,8-9H2;5-6H,1-4H2. The van der Waals surface area contributed by atoms with Crippen molar-refractivity contribution in [3.63, 3.8) is 0 Å². The van der Waals surface area contributed by atoms with Crippen LogP contribution in [0.4, 0.5) is 5.82 Å². The SMILES string of the molecule is C1CNCCN1.c1ccc(N2CCCCC2)nc1. The maximum absolute atomic E-state index is 4.33. The fourth-order valence-corrected chi connectivity index (χ4v) is 2.27. The molecule has 0 spiro atoms. The molecule has 0 amide bonds. The zero-order chi connectivity index (χ0) is 12.5. The third kappa shape index (κ3) is 4.63. The lowest BCUT2D eigenvalue weighted by Crippen LogP contribution is -2.39. The Balaban J connectivity index is 0.000000169. The minimum atomic E-state index is 1.14. The van der Waals surface area contributed by atoms with Crippen LogP contribution in [0.1, 0.15) is 19.3 Å². The Morgan fingerprint density at radius 3 is 2.06 bits per heavy atom. The van der Waals surface area contributed by atoms with E-state index in [1.54, 1.807) is 0 Å². The van der Waals surface area contributed by atoms with E-state index in [0.29, 0.717) is 0 Å². The van der Waals surface area contributed by atoms with Gasteiger partial charge < -0.3 is 15.5 Å². The van der Waals surface area contributed by atoms with E-state index in [4.69, 9.17) is 0 Å². The molecule has 2 aliphatic heterocycles. The first-order valence-electron chi connectivity index (χ1n) is 7.04. The van der Waals surface area contributed by atoms with Crippen molar-refractivity contribution in [2.45, 2.75) is 19.3 Å². The molecule has 1 aromatic heterocycles. The summed E-state index contributed by atoms with van der Waals surface area (Å²) in [6, 6.07) is 6.11. The van der Waals surface area contributed by atoms with Crippen LogP contribution in [0.3, 0.4) is 0 Å². The van der Waals surface area contributed by atoms with Gasteiger partial charge in [-0.25, -0.2) is 4.98 Å². The lowest BCUT2D eigenvalue weighted by Gasteiger charge is -2.27. The fraction of sp³-hybridized carbons (Fsp3) is 0.643.